The van der Waals surface area contributed by atoms with Crippen LogP contribution in [-0.2, 0) is 11.3 Å². The molecule has 0 aliphatic rings. The highest BCUT2D eigenvalue weighted by Crippen LogP contribution is 2.20. The first-order chi connectivity index (χ1) is 14.6. The summed E-state index contributed by atoms with van der Waals surface area (Å²) in [5, 5.41) is 11.8. The predicted octanol–water partition coefficient (Wildman–Crippen LogP) is 4.39. The number of nitrogens with zero attached hydrogens (tertiary/aromatic N) is 4. The summed E-state index contributed by atoms with van der Waals surface area (Å²) in [6.45, 7) is 4.54. The van der Waals surface area contributed by atoms with Crippen LogP contribution in [0.4, 0.5) is 5.69 Å². The molecule has 0 bridgehead atoms. The number of hydrogen-bond acceptors (Lipinski definition) is 3. The number of rotatable bonds is 6. The highest BCUT2D eigenvalue weighted by atomic mass is 16.1. The van der Waals surface area contributed by atoms with Crippen molar-refractivity contribution in [1.29, 1.82) is 0 Å². The lowest BCUT2D eigenvalue weighted by atomic mass is 10.1. The van der Waals surface area contributed by atoms with E-state index in [0.717, 1.165) is 33.9 Å². The Morgan fingerprint density at radius 1 is 1.03 bits per heavy atom. The zero-order valence-electron chi connectivity index (χ0n) is 17.0. The van der Waals surface area contributed by atoms with Gasteiger partial charge in [-0.25, -0.2) is 4.68 Å². The zero-order valence-corrected chi connectivity index (χ0v) is 17.0. The maximum absolute atomic E-state index is 12.6. The van der Waals surface area contributed by atoms with Crippen molar-refractivity contribution in [3.8, 4) is 5.69 Å². The maximum Gasteiger partial charge on any atom is 0.248 e. The molecule has 2 aromatic carbocycles. The molecule has 30 heavy (non-hydrogen) atoms. The van der Waals surface area contributed by atoms with E-state index in [0.29, 0.717) is 6.54 Å². The number of amides is 1. The molecule has 0 spiro atoms. The van der Waals surface area contributed by atoms with Gasteiger partial charge in [0.15, 0.2) is 0 Å². The van der Waals surface area contributed by atoms with Gasteiger partial charge in [-0.2, -0.15) is 10.2 Å². The van der Waals surface area contributed by atoms with Crippen molar-refractivity contribution in [3.63, 3.8) is 0 Å². The minimum absolute atomic E-state index is 0.186. The van der Waals surface area contributed by atoms with Crippen molar-refractivity contribution in [3.05, 3.63) is 102 Å². The van der Waals surface area contributed by atoms with Gasteiger partial charge in [0.2, 0.25) is 5.91 Å². The number of aryl methyl sites for hydroxylation is 1. The predicted molar refractivity (Wildman–Crippen MR) is 118 cm³/mol. The monoisotopic (exact) mass is 397 g/mol. The molecule has 0 unspecified atom stereocenters. The van der Waals surface area contributed by atoms with E-state index in [-0.39, 0.29) is 5.91 Å². The van der Waals surface area contributed by atoms with E-state index in [9.17, 15) is 4.79 Å². The molecule has 0 fully saturated rings. The third-order valence-electron chi connectivity index (χ3n) is 4.92. The van der Waals surface area contributed by atoms with Gasteiger partial charge in [-0.15, -0.1) is 0 Å². The molecule has 150 valence electrons. The summed E-state index contributed by atoms with van der Waals surface area (Å²) >= 11 is 0. The average Bonchev–Trinajstić information content (AvgIpc) is 3.36. The Hall–Kier alpha value is -3.93. The van der Waals surface area contributed by atoms with Crippen molar-refractivity contribution < 1.29 is 4.79 Å². The number of carbonyl (C=O) groups is 1. The number of hydrogen-bond donors (Lipinski definition) is 1. The number of para-hydroxylation sites is 2. The van der Waals surface area contributed by atoms with Gasteiger partial charge >= 0.3 is 0 Å². The van der Waals surface area contributed by atoms with Crippen LogP contribution in [0.1, 0.15) is 22.5 Å². The minimum atomic E-state index is -0.186. The van der Waals surface area contributed by atoms with E-state index >= 15 is 0 Å². The van der Waals surface area contributed by atoms with Crippen molar-refractivity contribution >= 4 is 17.7 Å². The van der Waals surface area contributed by atoms with Gasteiger partial charge in [-0.1, -0.05) is 36.4 Å². The maximum atomic E-state index is 12.6. The SMILES string of the molecule is Cc1nn(-c2ccccc2)c(C)c1/C=C/C(=O)Nc1ccccc1Cn1cccn1. The second-order valence-corrected chi connectivity index (χ2v) is 7.02. The molecular formula is C24H23N5O. The van der Waals surface area contributed by atoms with Crippen LogP contribution in [0.2, 0.25) is 0 Å². The Morgan fingerprint density at radius 2 is 1.80 bits per heavy atom. The van der Waals surface area contributed by atoms with Crippen LogP contribution in [0, 0.1) is 13.8 Å². The van der Waals surface area contributed by atoms with E-state index in [4.69, 9.17) is 0 Å². The molecule has 1 N–H and O–H groups in total. The van der Waals surface area contributed by atoms with Gasteiger partial charge in [-0.3, -0.25) is 9.48 Å². The van der Waals surface area contributed by atoms with Crippen LogP contribution in [0.5, 0.6) is 0 Å². The molecule has 0 atom stereocenters. The summed E-state index contributed by atoms with van der Waals surface area (Å²) in [6, 6.07) is 19.6. The number of carbonyl (C=O) groups excluding carboxylic acids is 1. The molecule has 0 radical (unpaired) electrons. The smallest absolute Gasteiger partial charge is 0.248 e. The van der Waals surface area contributed by atoms with Crippen LogP contribution in [-0.4, -0.2) is 25.5 Å². The van der Waals surface area contributed by atoms with E-state index in [2.05, 4.69) is 15.5 Å². The molecule has 1 amide bonds. The van der Waals surface area contributed by atoms with Crippen LogP contribution in [0.15, 0.2) is 79.1 Å². The zero-order chi connectivity index (χ0) is 20.9. The number of benzene rings is 2. The fraction of sp³-hybridized carbons (Fsp3) is 0.125. The van der Waals surface area contributed by atoms with Gasteiger partial charge in [-0.05, 0) is 49.8 Å². The molecular weight excluding hydrogens is 374 g/mol. The summed E-state index contributed by atoms with van der Waals surface area (Å²) in [6.07, 6.45) is 7.01. The van der Waals surface area contributed by atoms with Gasteiger partial charge in [0.25, 0.3) is 0 Å². The lowest BCUT2D eigenvalue weighted by Gasteiger charge is -2.10. The molecule has 4 aromatic rings. The summed E-state index contributed by atoms with van der Waals surface area (Å²) < 4.78 is 3.72. The highest BCUT2D eigenvalue weighted by molar-refractivity contribution is 6.02. The van der Waals surface area contributed by atoms with Crippen molar-refractivity contribution in [2.24, 2.45) is 0 Å². The lowest BCUT2D eigenvalue weighted by Crippen LogP contribution is -2.11. The molecule has 6 nitrogen and oxygen atoms in total. The third kappa shape index (κ3) is 4.22. The average molecular weight is 397 g/mol. The second kappa shape index (κ2) is 8.61. The Balaban J connectivity index is 1.51. The van der Waals surface area contributed by atoms with Crippen molar-refractivity contribution in [1.82, 2.24) is 19.6 Å². The van der Waals surface area contributed by atoms with Gasteiger partial charge in [0, 0.05) is 35.4 Å². The largest absolute Gasteiger partial charge is 0.322 e. The first kappa shape index (κ1) is 19.4. The first-order valence-electron chi connectivity index (χ1n) is 9.78. The second-order valence-electron chi connectivity index (χ2n) is 7.02. The highest BCUT2D eigenvalue weighted by Gasteiger charge is 2.11. The Kier molecular flexibility index (Phi) is 5.57. The van der Waals surface area contributed by atoms with Gasteiger partial charge in [0.1, 0.15) is 0 Å². The van der Waals surface area contributed by atoms with Gasteiger partial charge in [0.05, 0.1) is 17.9 Å². The third-order valence-corrected chi connectivity index (χ3v) is 4.92. The van der Waals surface area contributed by atoms with Crippen LogP contribution >= 0.6 is 0 Å². The van der Waals surface area contributed by atoms with E-state index in [1.165, 1.54) is 0 Å². The first-order valence-corrected chi connectivity index (χ1v) is 9.78. The molecule has 0 saturated heterocycles. The van der Waals surface area contributed by atoms with Crippen LogP contribution < -0.4 is 5.32 Å². The van der Waals surface area contributed by atoms with Gasteiger partial charge < -0.3 is 5.32 Å². The molecule has 4 rings (SSSR count). The summed E-state index contributed by atoms with van der Waals surface area (Å²) in [7, 11) is 0. The summed E-state index contributed by atoms with van der Waals surface area (Å²) in [4.78, 5) is 12.6. The Morgan fingerprint density at radius 3 is 2.57 bits per heavy atom. The number of nitrogens with one attached hydrogen (secondary N) is 1. The molecule has 0 aliphatic heterocycles. The van der Waals surface area contributed by atoms with E-state index in [1.807, 2.05) is 96.1 Å². The molecule has 0 saturated carbocycles. The van der Waals surface area contributed by atoms with E-state index in [1.54, 1.807) is 12.3 Å². The minimum Gasteiger partial charge on any atom is -0.322 e. The molecule has 6 heteroatoms. The molecule has 2 heterocycles. The fourth-order valence-electron chi connectivity index (χ4n) is 3.40. The standard InChI is InChI=1S/C24H23N5O/c1-18-22(19(2)29(27-18)21-10-4-3-5-11-21)13-14-24(30)26-23-12-7-6-9-20(23)17-28-16-8-15-25-28/h3-16H,17H2,1-2H3,(H,26,30)/b14-13+. The quantitative estimate of drug-likeness (QED) is 0.491. The topological polar surface area (TPSA) is 64.7 Å². The molecule has 2 aromatic heterocycles. The van der Waals surface area contributed by atoms with Crippen molar-refractivity contribution in [2.45, 2.75) is 20.4 Å². The summed E-state index contributed by atoms with van der Waals surface area (Å²) in [5.74, 6) is -0.186. The Bertz CT molecular complexity index is 1170. The van der Waals surface area contributed by atoms with Crippen molar-refractivity contribution in [2.75, 3.05) is 5.32 Å². The summed E-state index contributed by atoms with van der Waals surface area (Å²) in [5.41, 5.74) is 5.57. The van der Waals surface area contributed by atoms with E-state index < -0.39 is 0 Å². The normalized spacial score (nSPS) is 11.1. The molecule has 0 aliphatic carbocycles. The lowest BCUT2D eigenvalue weighted by molar-refractivity contribution is -0.111. The van der Waals surface area contributed by atoms with Crippen LogP contribution in [0.3, 0.4) is 0 Å². The number of anilines is 1. The fourth-order valence-corrected chi connectivity index (χ4v) is 3.40. The van der Waals surface area contributed by atoms with Crippen LogP contribution in [0.25, 0.3) is 11.8 Å². The Labute approximate surface area is 175 Å². The number of aromatic nitrogens is 4.